The minimum absolute atomic E-state index is 0.0391. The first-order valence-electron chi connectivity index (χ1n) is 9.92. The van der Waals surface area contributed by atoms with E-state index in [9.17, 15) is 4.79 Å². The Labute approximate surface area is 174 Å². The normalized spacial score (nSPS) is 15.8. The number of rotatable bonds is 4. The number of aromatic nitrogens is 4. The number of hydrogen-bond acceptors (Lipinski definition) is 5. The Morgan fingerprint density at radius 1 is 1.07 bits per heavy atom. The second-order valence-corrected chi connectivity index (χ2v) is 7.46. The summed E-state index contributed by atoms with van der Waals surface area (Å²) in [5.74, 6) is 1.03. The molecule has 1 aliphatic heterocycles. The highest BCUT2D eigenvalue weighted by atomic mass is 16.4. The molecule has 1 amide bonds. The van der Waals surface area contributed by atoms with E-state index >= 15 is 0 Å². The van der Waals surface area contributed by atoms with Crippen molar-refractivity contribution in [2.75, 3.05) is 0 Å². The van der Waals surface area contributed by atoms with Crippen molar-refractivity contribution in [3.63, 3.8) is 0 Å². The Hall–Kier alpha value is -3.74. The molecule has 7 nitrogen and oxygen atoms in total. The first-order valence-corrected chi connectivity index (χ1v) is 9.92. The van der Waals surface area contributed by atoms with Gasteiger partial charge in [0, 0.05) is 32.3 Å². The molecule has 1 atom stereocenters. The number of carbonyl (C=O) groups is 1. The number of amides is 1. The van der Waals surface area contributed by atoms with Crippen LogP contribution in [0, 0.1) is 6.92 Å². The lowest BCUT2D eigenvalue weighted by Gasteiger charge is -2.35. The Morgan fingerprint density at radius 3 is 2.57 bits per heavy atom. The molecule has 0 bridgehead atoms. The fourth-order valence-electron chi connectivity index (χ4n) is 3.92. The molecule has 0 saturated carbocycles. The summed E-state index contributed by atoms with van der Waals surface area (Å²) in [7, 11) is 0. The lowest BCUT2D eigenvalue weighted by Crippen LogP contribution is -2.40. The van der Waals surface area contributed by atoms with Crippen LogP contribution >= 0.6 is 0 Å². The largest absolute Gasteiger partial charge is 0.423 e. The minimum atomic E-state index is -0.253. The predicted octanol–water partition coefficient (Wildman–Crippen LogP) is 3.43. The van der Waals surface area contributed by atoms with Gasteiger partial charge in [-0.1, -0.05) is 36.4 Å². The summed E-state index contributed by atoms with van der Waals surface area (Å²) in [6.07, 6.45) is 4.61. The van der Waals surface area contributed by atoms with E-state index in [1.54, 1.807) is 17.8 Å². The molecular weight excluding hydrogens is 378 g/mol. The molecule has 0 radical (unpaired) electrons. The molecule has 150 valence electrons. The highest BCUT2D eigenvalue weighted by Crippen LogP contribution is 2.33. The monoisotopic (exact) mass is 399 g/mol. The van der Waals surface area contributed by atoms with E-state index in [0.29, 0.717) is 31.2 Å². The van der Waals surface area contributed by atoms with E-state index in [-0.39, 0.29) is 11.9 Å². The van der Waals surface area contributed by atoms with Gasteiger partial charge in [0.2, 0.25) is 17.7 Å². The topological polar surface area (TPSA) is 77.1 Å². The van der Waals surface area contributed by atoms with Crippen molar-refractivity contribution in [1.82, 2.24) is 24.9 Å². The zero-order valence-electron chi connectivity index (χ0n) is 16.6. The van der Waals surface area contributed by atoms with E-state index in [2.05, 4.69) is 27.4 Å². The van der Waals surface area contributed by atoms with E-state index in [1.165, 1.54) is 5.56 Å². The molecule has 0 fully saturated rings. The molecule has 0 aliphatic carbocycles. The van der Waals surface area contributed by atoms with Crippen molar-refractivity contribution in [3.05, 3.63) is 95.5 Å². The summed E-state index contributed by atoms with van der Waals surface area (Å²) in [6.45, 7) is 2.30. The van der Waals surface area contributed by atoms with E-state index in [1.807, 2.05) is 53.6 Å². The number of hydrogen-bond donors (Lipinski definition) is 0. The van der Waals surface area contributed by atoms with Gasteiger partial charge in [-0.3, -0.25) is 4.79 Å². The van der Waals surface area contributed by atoms with Crippen LogP contribution in [0.1, 0.15) is 34.5 Å². The molecule has 30 heavy (non-hydrogen) atoms. The summed E-state index contributed by atoms with van der Waals surface area (Å²) in [5.41, 5.74) is 4.29. The molecule has 0 N–H and O–H groups in total. The highest BCUT2D eigenvalue weighted by Gasteiger charge is 2.34. The first kappa shape index (κ1) is 18.3. The fraction of sp³-hybridized carbons (Fsp3) is 0.217. The Morgan fingerprint density at radius 2 is 1.87 bits per heavy atom. The van der Waals surface area contributed by atoms with Gasteiger partial charge in [0.25, 0.3) is 0 Å². The second kappa shape index (κ2) is 7.59. The molecule has 2 aromatic carbocycles. The molecule has 0 spiro atoms. The third-order valence-electron chi connectivity index (χ3n) is 5.46. The van der Waals surface area contributed by atoms with Gasteiger partial charge in [0.05, 0.1) is 12.1 Å². The average molecular weight is 399 g/mol. The molecule has 2 aromatic heterocycles. The Bertz CT molecular complexity index is 1160. The van der Waals surface area contributed by atoms with Gasteiger partial charge in [-0.15, -0.1) is 10.2 Å². The fourth-order valence-corrected chi connectivity index (χ4v) is 3.92. The summed E-state index contributed by atoms with van der Waals surface area (Å²) in [6, 6.07) is 17.7. The molecule has 0 saturated heterocycles. The zero-order chi connectivity index (χ0) is 20.5. The van der Waals surface area contributed by atoms with Crippen LogP contribution in [0.15, 0.2) is 71.4 Å². The number of nitrogens with zero attached hydrogens (tertiary/aromatic N) is 5. The SMILES string of the molecule is Cc1nnc(C2Cc3ccccc3CN2C(=O)Cc2ccc(-n3cccn3)cc2)o1. The number of aryl methyl sites for hydroxylation is 1. The van der Waals surface area contributed by atoms with Crippen LogP contribution in [-0.2, 0) is 24.2 Å². The molecular formula is C23H21N5O2. The quantitative estimate of drug-likeness (QED) is 0.525. The zero-order valence-corrected chi connectivity index (χ0v) is 16.6. The lowest BCUT2D eigenvalue weighted by atomic mass is 9.93. The van der Waals surface area contributed by atoms with Gasteiger partial charge in [0.15, 0.2) is 0 Å². The number of fused-ring (bicyclic) bond motifs is 1. The van der Waals surface area contributed by atoms with Crippen LogP contribution < -0.4 is 0 Å². The molecule has 1 unspecified atom stereocenters. The van der Waals surface area contributed by atoms with Crippen molar-refractivity contribution < 1.29 is 9.21 Å². The smallest absolute Gasteiger partial charge is 0.239 e. The van der Waals surface area contributed by atoms with Crippen LogP contribution in [-0.4, -0.2) is 30.8 Å². The number of benzene rings is 2. The van der Waals surface area contributed by atoms with Gasteiger partial charge in [-0.25, -0.2) is 4.68 Å². The van der Waals surface area contributed by atoms with Crippen LogP contribution in [0.5, 0.6) is 0 Å². The Balaban J connectivity index is 1.39. The van der Waals surface area contributed by atoms with Crippen LogP contribution in [0.2, 0.25) is 0 Å². The van der Waals surface area contributed by atoms with Crippen molar-refractivity contribution >= 4 is 5.91 Å². The molecule has 7 heteroatoms. The highest BCUT2D eigenvalue weighted by molar-refractivity contribution is 5.79. The average Bonchev–Trinajstić information content (AvgIpc) is 3.45. The molecule has 3 heterocycles. The van der Waals surface area contributed by atoms with Crippen molar-refractivity contribution in [3.8, 4) is 5.69 Å². The van der Waals surface area contributed by atoms with Gasteiger partial charge in [0.1, 0.15) is 6.04 Å². The third-order valence-corrected chi connectivity index (χ3v) is 5.46. The maximum atomic E-state index is 13.3. The molecule has 5 rings (SSSR count). The van der Waals surface area contributed by atoms with Crippen LogP contribution in [0.3, 0.4) is 0 Å². The molecule has 1 aliphatic rings. The maximum absolute atomic E-state index is 13.3. The minimum Gasteiger partial charge on any atom is -0.423 e. The van der Waals surface area contributed by atoms with Gasteiger partial charge in [-0.05, 0) is 34.9 Å². The summed E-state index contributed by atoms with van der Waals surface area (Å²) in [4.78, 5) is 15.2. The van der Waals surface area contributed by atoms with E-state index in [0.717, 1.165) is 16.8 Å². The van der Waals surface area contributed by atoms with Crippen molar-refractivity contribution in [1.29, 1.82) is 0 Å². The van der Waals surface area contributed by atoms with E-state index in [4.69, 9.17) is 4.42 Å². The van der Waals surface area contributed by atoms with E-state index < -0.39 is 0 Å². The summed E-state index contributed by atoms with van der Waals surface area (Å²) in [5, 5.41) is 12.4. The van der Waals surface area contributed by atoms with Gasteiger partial charge < -0.3 is 9.32 Å². The summed E-state index contributed by atoms with van der Waals surface area (Å²) < 4.78 is 7.49. The third kappa shape index (κ3) is 3.50. The van der Waals surface area contributed by atoms with Gasteiger partial charge >= 0.3 is 0 Å². The Kier molecular flexibility index (Phi) is 4.63. The van der Waals surface area contributed by atoms with Crippen LogP contribution in [0.4, 0.5) is 0 Å². The maximum Gasteiger partial charge on any atom is 0.239 e. The lowest BCUT2D eigenvalue weighted by molar-refractivity contribution is -0.134. The number of carbonyl (C=O) groups excluding carboxylic acids is 1. The summed E-state index contributed by atoms with van der Waals surface area (Å²) >= 11 is 0. The predicted molar refractivity (Wildman–Crippen MR) is 110 cm³/mol. The first-order chi connectivity index (χ1) is 14.7. The second-order valence-electron chi connectivity index (χ2n) is 7.46. The van der Waals surface area contributed by atoms with Crippen LogP contribution in [0.25, 0.3) is 5.69 Å². The standard InChI is InChI=1S/C23H21N5O2/c1-16-25-26-23(30-16)21-14-18-5-2-3-6-19(18)15-27(21)22(29)13-17-7-9-20(10-8-17)28-12-4-11-24-28/h2-12,21H,13-15H2,1H3. The molecule has 4 aromatic rings. The van der Waals surface area contributed by atoms with Crippen molar-refractivity contribution in [2.24, 2.45) is 0 Å². The van der Waals surface area contributed by atoms with Crippen molar-refractivity contribution in [2.45, 2.75) is 32.4 Å². The van der Waals surface area contributed by atoms with Gasteiger partial charge in [-0.2, -0.15) is 5.10 Å².